The molecular formula is C7H8N4OS. The monoisotopic (exact) mass is 196 g/mol. The van der Waals surface area contributed by atoms with Crippen LogP contribution in [0.3, 0.4) is 0 Å². The van der Waals surface area contributed by atoms with Crippen molar-refractivity contribution >= 4 is 22.9 Å². The minimum absolute atomic E-state index is 0.255. The van der Waals surface area contributed by atoms with Crippen LogP contribution < -0.4 is 5.56 Å². The van der Waals surface area contributed by atoms with E-state index in [1.54, 1.807) is 4.57 Å². The molecule has 1 N–H and O–H groups in total. The van der Waals surface area contributed by atoms with Gasteiger partial charge in [-0.1, -0.05) is 11.8 Å². The number of hydrogen-bond acceptors (Lipinski definition) is 4. The zero-order valence-corrected chi connectivity index (χ0v) is 8.05. The summed E-state index contributed by atoms with van der Waals surface area (Å²) in [6, 6.07) is 0. The third-order valence-corrected chi connectivity index (χ3v) is 2.55. The fourth-order valence-electron chi connectivity index (χ4n) is 1.19. The maximum Gasteiger partial charge on any atom is 0.299 e. The van der Waals surface area contributed by atoms with Crippen LogP contribution >= 0.6 is 11.8 Å². The number of fused-ring (bicyclic) bond motifs is 1. The van der Waals surface area contributed by atoms with Gasteiger partial charge in [-0.05, 0) is 6.26 Å². The topological polar surface area (TPSA) is 63.6 Å². The summed E-state index contributed by atoms with van der Waals surface area (Å²) < 4.78 is 1.79. The molecule has 0 fully saturated rings. The molecule has 0 spiro atoms. The zero-order valence-electron chi connectivity index (χ0n) is 7.24. The van der Waals surface area contributed by atoms with Gasteiger partial charge in [0.15, 0.2) is 16.3 Å². The first-order valence-corrected chi connectivity index (χ1v) is 4.90. The highest BCUT2D eigenvalue weighted by Gasteiger charge is 2.08. The van der Waals surface area contributed by atoms with Crippen LogP contribution in [0.5, 0.6) is 0 Å². The van der Waals surface area contributed by atoms with Crippen LogP contribution in [-0.2, 0) is 7.05 Å². The molecular weight excluding hydrogens is 188 g/mol. The van der Waals surface area contributed by atoms with E-state index in [0.717, 1.165) is 0 Å². The van der Waals surface area contributed by atoms with E-state index in [1.807, 2.05) is 13.3 Å². The Morgan fingerprint density at radius 2 is 2.38 bits per heavy atom. The van der Waals surface area contributed by atoms with Gasteiger partial charge in [0.05, 0.1) is 6.33 Å². The van der Waals surface area contributed by atoms with Crippen molar-refractivity contribution in [2.45, 2.75) is 5.16 Å². The molecule has 2 rings (SSSR count). The van der Waals surface area contributed by atoms with Crippen molar-refractivity contribution in [1.82, 2.24) is 19.5 Å². The summed E-state index contributed by atoms with van der Waals surface area (Å²) in [5.74, 6) is 0. The molecule has 0 atom stereocenters. The fourth-order valence-corrected chi connectivity index (χ4v) is 1.72. The summed E-state index contributed by atoms with van der Waals surface area (Å²) in [6.07, 6.45) is 3.37. The molecule has 2 aromatic heterocycles. The Morgan fingerprint density at radius 3 is 3.08 bits per heavy atom. The number of aromatic amines is 1. The van der Waals surface area contributed by atoms with E-state index in [9.17, 15) is 4.79 Å². The molecule has 0 aliphatic rings. The van der Waals surface area contributed by atoms with E-state index in [-0.39, 0.29) is 5.56 Å². The van der Waals surface area contributed by atoms with E-state index < -0.39 is 0 Å². The average Bonchev–Trinajstić information content (AvgIpc) is 2.60. The van der Waals surface area contributed by atoms with Crippen molar-refractivity contribution in [1.29, 1.82) is 0 Å². The van der Waals surface area contributed by atoms with Crippen molar-refractivity contribution in [3.05, 3.63) is 16.7 Å². The second kappa shape index (κ2) is 2.88. The molecule has 13 heavy (non-hydrogen) atoms. The molecule has 0 saturated heterocycles. The van der Waals surface area contributed by atoms with Gasteiger partial charge < -0.3 is 9.55 Å². The largest absolute Gasteiger partial charge is 0.339 e. The molecule has 5 nitrogen and oxygen atoms in total. The van der Waals surface area contributed by atoms with E-state index in [1.165, 1.54) is 18.1 Å². The molecule has 0 bridgehead atoms. The summed E-state index contributed by atoms with van der Waals surface area (Å²) in [5, 5.41) is 0.671. The van der Waals surface area contributed by atoms with Crippen LogP contribution in [0, 0.1) is 0 Å². The van der Waals surface area contributed by atoms with Gasteiger partial charge in [0.25, 0.3) is 5.56 Å². The number of H-pyrrole nitrogens is 1. The lowest BCUT2D eigenvalue weighted by atomic mass is 10.5. The molecule has 0 aliphatic heterocycles. The number of imidazole rings is 1. The lowest BCUT2D eigenvalue weighted by Crippen LogP contribution is -2.13. The molecule has 6 heteroatoms. The van der Waals surface area contributed by atoms with Gasteiger partial charge in [0.1, 0.15) is 0 Å². The predicted octanol–water partition coefficient (Wildman–Crippen LogP) is 0.379. The van der Waals surface area contributed by atoms with Gasteiger partial charge >= 0.3 is 0 Å². The minimum atomic E-state index is -0.255. The normalized spacial score (nSPS) is 10.9. The third-order valence-electron chi connectivity index (χ3n) is 1.82. The summed E-state index contributed by atoms with van der Waals surface area (Å²) in [4.78, 5) is 22.1. The van der Waals surface area contributed by atoms with Gasteiger partial charge in [-0.2, -0.15) is 4.98 Å². The lowest BCUT2D eigenvalue weighted by molar-refractivity contribution is 0.759. The molecule has 0 radical (unpaired) electrons. The lowest BCUT2D eigenvalue weighted by Gasteiger charge is -2.03. The van der Waals surface area contributed by atoms with Crippen molar-refractivity contribution in [3.8, 4) is 0 Å². The Balaban J connectivity index is 2.94. The maximum atomic E-state index is 11.4. The van der Waals surface area contributed by atoms with Crippen LogP contribution in [0.4, 0.5) is 0 Å². The Morgan fingerprint density at radius 1 is 1.62 bits per heavy atom. The first-order chi connectivity index (χ1) is 6.24. The highest BCUT2D eigenvalue weighted by molar-refractivity contribution is 7.98. The fraction of sp³-hybridized carbons (Fsp3) is 0.286. The van der Waals surface area contributed by atoms with Gasteiger partial charge in [0, 0.05) is 7.05 Å². The van der Waals surface area contributed by atoms with E-state index >= 15 is 0 Å². The quantitative estimate of drug-likeness (QED) is 0.529. The summed E-state index contributed by atoms with van der Waals surface area (Å²) in [7, 11) is 1.83. The minimum Gasteiger partial charge on any atom is -0.339 e. The number of aryl methyl sites for hydroxylation is 1. The van der Waals surface area contributed by atoms with Gasteiger partial charge in [-0.15, -0.1) is 0 Å². The molecule has 0 amide bonds. The number of hydrogen-bond donors (Lipinski definition) is 1. The molecule has 0 saturated carbocycles. The predicted molar refractivity (Wildman–Crippen MR) is 50.9 cm³/mol. The Bertz CT molecular complexity index is 501. The van der Waals surface area contributed by atoms with E-state index in [2.05, 4.69) is 15.0 Å². The van der Waals surface area contributed by atoms with Crippen LogP contribution in [0.1, 0.15) is 0 Å². The van der Waals surface area contributed by atoms with Crippen LogP contribution in [0.25, 0.3) is 11.2 Å². The molecule has 0 aromatic carbocycles. The standard InChI is InChI=1S/C7H8N4OS/c1-11-5-4(8-3-9-5)6(12)10-7(11)13-2/h3H,1-2H3,(H,8,9). The van der Waals surface area contributed by atoms with Crippen molar-refractivity contribution in [2.75, 3.05) is 6.26 Å². The van der Waals surface area contributed by atoms with Gasteiger partial charge in [-0.25, -0.2) is 4.98 Å². The summed E-state index contributed by atoms with van der Waals surface area (Å²) >= 11 is 1.43. The maximum absolute atomic E-state index is 11.4. The van der Waals surface area contributed by atoms with Crippen molar-refractivity contribution in [2.24, 2.45) is 7.05 Å². The van der Waals surface area contributed by atoms with Crippen LogP contribution in [0.2, 0.25) is 0 Å². The van der Waals surface area contributed by atoms with E-state index in [0.29, 0.717) is 16.3 Å². The molecule has 2 aromatic rings. The summed E-state index contributed by atoms with van der Waals surface area (Å²) in [5.41, 5.74) is 0.847. The second-order valence-electron chi connectivity index (χ2n) is 2.56. The highest BCUT2D eigenvalue weighted by atomic mass is 32.2. The number of nitrogens with zero attached hydrogens (tertiary/aromatic N) is 3. The third kappa shape index (κ3) is 1.14. The smallest absolute Gasteiger partial charge is 0.299 e. The Hall–Kier alpha value is -1.30. The van der Waals surface area contributed by atoms with Crippen LogP contribution in [-0.4, -0.2) is 25.8 Å². The number of rotatable bonds is 1. The van der Waals surface area contributed by atoms with Crippen molar-refractivity contribution < 1.29 is 0 Å². The molecule has 68 valence electrons. The second-order valence-corrected chi connectivity index (χ2v) is 3.34. The molecule has 0 aliphatic carbocycles. The molecule has 2 heterocycles. The first kappa shape index (κ1) is 8.31. The van der Waals surface area contributed by atoms with E-state index in [4.69, 9.17) is 0 Å². The zero-order chi connectivity index (χ0) is 9.42. The van der Waals surface area contributed by atoms with Gasteiger partial charge in [0.2, 0.25) is 0 Å². The van der Waals surface area contributed by atoms with Crippen molar-refractivity contribution in [3.63, 3.8) is 0 Å². The Labute approximate surface area is 78.2 Å². The Kier molecular flexibility index (Phi) is 1.84. The number of thioether (sulfide) groups is 1. The van der Waals surface area contributed by atoms with Gasteiger partial charge in [-0.3, -0.25) is 4.79 Å². The SMILES string of the molecule is CSc1nc(=O)c2[nH]cnc2n1C. The van der Waals surface area contributed by atoms with Crippen LogP contribution in [0.15, 0.2) is 16.3 Å². The molecule has 0 unspecified atom stereocenters. The number of nitrogens with one attached hydrogen (secondary N) is 1. The number of aromatic nitrogens is 4. The average molecular weight is 196 g/mol. The summed E-state index contributed by atoms with van der Waals surface area (Å²) in [6.45, 7) is 0. The first-order valence-electron chi connectivity index (χ1n) is 3.68. The highest BCUT2D eigenvalue weighted by Crippen LogP contribution is 2.12.